The first-order valence-electron chi connectivity index (χ1n) is 11.5. The number of hydrogen-bond acceptors (Lipinski definition) is 9. The van der Waals surface area contributed by atoms with Crippen LogP contribution in [0.4, 0.5) is 23.0 Å². The molecule has 1 aliphatic rings. The van der Waals surface area contributed by atoms with Gasteiger partial charge in [0.2, 0.25) is 5.95 Å². The molecule has 1 aliphatic heterocycles. The van der Waals surface area contributed by atoms with Crippen molar-refractivity contribution in [1.82, 2.24) is 9.97 Å². The molecule has 1 atom stereocenters. The van der Waals surface area contributed by atoms with Crippen molar-refractivity contribution in [3.63, 3.8) is 0 Å². The summed E-state index contributed by atoms with van der Waals surface area (Å²) in [5, 5.41) is 15.4. The predicted octanol–water partition coefficient (Wildman–Crippen LogP) is 3.49. The monoisotopic (exact) mass is 486 g/mol. The molecule has 0 saturated carbocycles. The predicted molar refractivity (Wildman–Crippen MR) is 135 cm³/mol. The summed E-state index contributed by atoms with van der Waals surface area (Å²) in [7, 11) is 0. The van der Waals surface area contributed by atoms with E-state index in [0.717, 1.165) is 37.7 Å². The van der Waals surface area contributed by atoms with Crippen LogP contribution in [0.3, 0.4) is 0 Å². The van der Waals surface area contributed by atoms with Crippen molar-refractivity contribution >= 4 is 34.9 Å². The second-order valence-electron chi connectivity index (χ2n) is 8.15. The summed E-state index contributed by atoms with van der Waals surface area (Å²) in [6.45, 7) is 5.89. The zero-order chi connectivity index (χ0) is 25.5. The molecular formula is C26H26N6O4. The molecule has 1 fully saturated rings. The van der Waals surface area contributed by atoms with Crippen molar-refractivity contribution in [2.45, 2.75) is 20.0 Å². The molecule has 1 unspecified atom stereocenters. The van der Waals surface area contributed by atoms with E-state index < -0.39 is 18.0 Å². The summed E-state index contributed by atoms with van der Waals surface area (Å²) in [5.41, 5.74) is 3.85. The highest BCUT2D eigenvalue weighted by molar-refractivity contribution is 5.96. The lowest BCUT2D eigenvalue weighted by Gasteiger charge is -2.28. The molecule has 1 amide bonds. The van der Waals surface area contributed by atoms with E-state index in [1.165, 1.54) is 13.8 Å². The number of benzene rings is 2. The first kappa shape index (κ1) is 24.6. The molecule has 0 bridgehead atoms. The topological polar surface area (TPSA) is 129 Å². The van der Waals surface area contributed by atoms with Gasteiger partial charge in [-0.05, 0) is 49.4 Å². The largest absolute Gasteiger partial charge is 0.453 e. The molecule has 3 aromatic rings. The Balaban J connectivity index is 1.47. The van der Waals surface area contributed by atoms with Crippen LogP contribution in [0.2, 0.25) is 0 Å². The standard InChI is InChI=1S/C26H26N6O4/c1-17(36-18(2)33)25(34)30-23-8-3-19(15-20(23)16-27)24-9-10-28-26(31-24)29-21-4-6-22(7-5-21)32-11-13-35-14-12-32/h3-10,15,17H,11-14H2,1-2H3,(H,30,34)(H,28,29,31). The third-order valence-electron chi connectivity index (χ3n) is 5.56. The van der Waals surface area contributed by atoms with Gasteiger partial charge in [0.1, 0.15) is 6.07 Å². The Kier molecular flexibility index (Phi) is 7.72. The fourth-order valence-corrected chi connectivity index (χ4v) is 3.73. The van der Waals surface area contributed by atoms with Crippen LogP contribution in [0.5, 0.6) is 0 Å². The minimum atomic E-state index is -0.979. The molecule has 1 saturated heterocycles. The Morgan fingerprint density at radius 1 is 1.14 bits per heavy atom. The van der Waals surface area contributed by atoms with E-state index in [4.69, 9.17) is 9.47 Å². The number of carbonyl (C=O) groups excluding carboxylic acids is 2. The zero-order valence-electron chi connectivity index (χ0n) is 20.0. The second-order valence-corrected chi connectivity index (χ2v) is 8.15. The molecular weight excluding hydrogens is 460 g/mol. The van der Waals surface area contributed by atoms with E-state index in [0.29, 0.717) is 22.9 Å². The molecule has 1 aromatic heterocycles. The maximum atomic E-state index is 12.3. The van der Waals surface area contributed by atoms with E-state index in [1.54, 1.807) is 30.5 Å². The molecule has 36 heavy (non-hydrogen) atoms. The van der Waals surface area contributed by atoms with Gasteiger partial charge in [0.15, 0.2) is 6.10 Å². The highest BCUT2D eigenvalue weighted by atomic mass is 16.5. The van der Waals surface area contributed by atoms with Crippen LogP contribution < -0.4 is 15.5 Å². The van der Waals surface area contributed by atoms with Crippen LogP contribution in [-0.2, 0) is 19.1 Å². The molecule has 2 aromatic carbocycles. The van der Waals surface area contributed by atoms with Gasteiger partial charge in [0, 0.05) is 43.1 Å². The lowest BCUT2D eigenvalue weighted by atomic mass is 10.1. The zero-order valence-corrected chi connectivity index (χ0v) is 20.0. The number of anilines is 4. The van der Waals surface area contributed by atoms with Gasteiger partial charge in [-0.25, -0.2) is 9.97 Å². The fourth-order valence-electron chi connectivity index (χ4n) is 3.73. The number of esters is 1. The summed E-state index contributed by atoms with van der Waals surface area (Å²) < 4.78 is 10.3. The van der Waals surface area contributed by atoms with Gasteiger partial charge in [-0.3, -0.25) is 9.59 Å². The van der Waals surface area contributed by atoms with Gasteiger partial charge in [-0.2, -0.15) is 5.26 Å². The first-order valence-corrected chi connectivity index (χ1v) is 11.5. The number of rotatable bonds is 7. The fraction of sp³-hybridized carbons (Fsp3) is 0.269. The smallest absolute Gasteiger partial charge is 0.303 e. The number of aromatic nitrogens is 2. The average molecular weight is 487 g/mol. The quantitative estimate of drug-likeness (QED) is 0.482. The molecule has 2 heterocycles. The number of nitriles is 1. The minimum Gasteiger partial charge on any atom is -0.453 e. The van der Waals surface area contributed by atoms with E-state index in [2.05, 4.69) is 31.6 Å². The summed E-state index contributed by atoms with van der Waals surface area (Å²) in [5.74, 6) is -0.671. The van der Waals surface area contributed by atoms with Crippen LogP contribution >= 0.6 is 0 Å². The molecule has 4 rings (SSSR count). The summed E-state index contributed by atoms with van der Waals surface area (Å²) in [4.78, 5) is 34.5. The van der Waals surface area contributed by atoms with Gasteiger partial charge in [-0.1, -0.05) is 6.07 Å². The average Bonchev–Trinajstić information content (AvgIpc) is 2.89. The van der Waals surface area contributed by atoms with Crippen molar-refractivity contribution in [1.29, 1.82) is 5.26 Å². The molecule has 0 aliphatic carbocycles. The molecule has 0 spiro atoms. The molecule has 2 N–H and O–H groups in total. The third kappa shape index (κ3) is 6.14. The lowest BCUT2D eigenvalue weighted by molar-refractivity contribution is -0.150. The minimum absolute atomic E-state index is 0.252. The number of ether oxygens (including phenoxy) is 2. The van der Waals surface area contributed by atoms with Crippen molar-refractivity contribution in [3.8, 4) is 17.3 Å². The summed E-state index contributed by atoms with van der Waals surface area (Å²) >= 11 is 0. The Bertz CT molecular complexity index is 1280. The van der Waals surface area contributed by atoms with E-state index >= 15 is 0 Å². The molecule has 10 heteroatoms. The van der Waals surface area contributed by atoms with Crippen molar-refractivity contribution < 1.29 is 19.1 Å². The lowest BCUT2D eigenvalue weighted by Crippen LogP contribution is -2.36. The van der Waals surface area contributed by atoms with Gasteiger partial charge >= 0.3 is 5.97 Å². The van der Waals surface area contributed by atoms with Crippen LogP contribution in [0.25, 0.3) is 11.3 Å². The summed E-state index contributed by atoms with van der Waals surface area (Å²) in [6, 6.07) is 16.9. The normalized spacial score (nSPS) is 13.9. The highest BCUT2D eigenvalue weighted by Crippen LogP contribution is 2.26. The maximum Gasteiger partial charge on any atom is 0.303 e. The Morgan fingerprint density at radius 3 is 2.58 bits per heavy atom. The SMILES string of the molecule is CC(=O)OC(C)C(=O)Nc1ccc(-c2ccnc(Nc3ccc(N4CCOCC4)cc3)n2)cc1C#N. The third-order valence-corrected chi connectivity index (χ3v) is 5.56. The van der Waals surface area contributed by atoms with Crippen molar-refractivity contribution in [2.75, 3.05) is 41.8 Å². The number of morpholine rings is 1. The number of hydrogen-bond donors (Lipinski definition) is 2. The number of nitrogens with one attached hydrogen (secondary N) is 2. The van der Waals surface area contributed by atoms with Crippen LogP contribution in [-0.4, -0.2) is 54.3 Å². The second kappa shape index (κ2) is 11.3. The van der Waals surface area contributed by atoms with E-state index in [9.17, 15) is 14.9 Å². The van der Waals surface area contributed by atoms with E-state index in [-0.39, 0.29) is 5.56 Å². The molecule has 184 valence electrons. The van der Waals surface area contributed by atoms with Gasteiger partial charge in [-0.15, -0.1) is 0 Å². The van der Waals surface area contributed by atoms with E-state index in [1.807, 2.05) is 24.3 Å². The van der Waals surface area contributed by atoms with Crippen molar-refractivity contribution in [3.05, 3.63) is 60.3 Å². The number of amides is 1. The Labute approximate surface area is 208 Å². The van der Waals surface area contributed by atoms with Crippen LogP contribution in [0, 0.1) is 11.3 Å². The number of carbonyl (C=O) groups is 2. The van der Waals surface area contributed by atoms with Gasteiger partial charge in [0.25, 0.3) is 5.91 Å². The first-order chi connectivity index (χ1) is 17.4. The van der Waals surface area contributed by atoms with Crippen LogP contribution in [0.1, 0.15) is 19.4 Å². The molecule has 0 radical (unpaired) electrons. The van der Waals surface area contributed by atoms with Gasteiger partial charge in [0.05, 0.1) is 30.2 Å². The molecule has 10 nitrogen and oxygen atoms in total. The van der Waals surface area contributed by atoms with Gasteiger partial charge < -0.3 is 25.0 Å². The van der Waals surface area contributed by atoms with Crippen LogP contribution in [0.15, 0.2) is 54.7 Å². The maximum absolute atomic E-state index is 12.3. The number of nitrogens with zero attached hydrogens (tertiary/aromatic N) is 4. The van der Waals surface area contributed by atoms with Crippen molar-refractivity contribution in [2.24, 2.45) is 0 Å². The summed E-state index contributed by atoms with van der Waals surface area (Å²) in [6.07, 6.45) is 0.655. The Morgan fingerprint density at radius 2 is 1.89 bits per heavy atom. The highest BCUT2D eigenvalue weighted by Gasteiger charge is 2.18. The Hall–Kier alpha value is -4.49.